The number of anilines is 2. The molecule has 8 heteroatoms. The number of rotatable bonds is 4. The Morgan fingerprint density at radius 1 is 1.20 bits per heavy atom. The van der Waals surface area contributed by atoms with Gasteiger partial charge < -0.3 is 14.8 Å². The summed E-state index contributed by atoms with van der Waals surface area (Å²) >= 11 is 0. The van der Waals surface area contributed by atoms with Crippen molar-refractivity contribution >= 4 is 27.3 Å². The van der Waals surface area contributed by atoms with Crippen molar-refractivity contribution in [2.45, 2.75) is 0 Å². The average molecular weight is 362 g/mol. The van der Waals surface area contributed by atoms with E-state index in [0.717, 1.165) is 6.26 Å². The molecule has 0 saturated carbocycles. The minimum atomic E-state index is -3.42. The van der Waals surface area contributed by atoms with Crippen LogP contribution in [0.4, 0.5) is 11.4 Å². The Morgan fingerprint density at radius 3 is 2.56 bits per heavy atom. The van der Waals surface area contributed by atoms with Crippen LogP contribution in [0.3, 0.4) is 0 Å². The number of hydrogen-bond donors (Lipinski definition) is 1. The van der Waals surface area contributed by atoms with Crippen molar-refractivity contribution in [3.05, 3.63) is 48.0 Å². The summed E-state index contributed by atoms with van der Waals surface area (Å²) in [5, 5.41) is 2.76. The molecule has 1 aliphatic heterocycles. The van der Waals surface area contributed by atoms with Crippen molar-refractivity contribution in [2.75, 3.05) is 36.1 Å². The first-order valence-electron chi connectivity index (χ1n) is 7.58. The molecule has 0 radical (unpaired) electrons. The molecule has 1 aliphatic rings. The fourth-order valence-electron chi connectivity index (χ4n) is 2.56. The van der Waals surface area contributed by atoms with Crippen molar-refractivity contribution < 1.29 is 22.7 Å². The van der Waals surface area contributed by atoms with Crippen LogP contribution < -0.4 is 19.1 Å². The zero-order valence-corrected chi connectivity index (χ0v) is 14.7. The van der Waals surface area contributed by atoms with Crippen molar-refractivity contribution in [2.24, 2.45) is 0 Å². The van der Waals surface area contributed by atoms with Gasteiger partial charge in [0.2, 0.25) is 10.0 Å². The molecule has 1 heterocycles. The smallest absolute Gasteiger partial charge is 0.255 e. The standard InChI is InChI=1S/C17H18N2O5S/c1-23-14-6-3-12(4-7-14)17(20)18-13-5-8-16-15(11-13)19(9-10-24-16)25(2,21)22/h3-8,11H,9-10H2,1-2H3,(H,18,20). The summed E-state index contributed by atoms with van der Waals surface area (Å²) in [6.45, 7) is 0.527. The van der Waals surface area contributed by atoms with Gasteiger partial charge in [0.05, 0.1) is 25.6 Å². The van der Waals surface area contributed by atoms with E-state index in [4.69, 9.17) is 9.47 Å². The lowest BCUT2D eigenvalue weighted by Gasteiger charge is -2.29. The van der Waals surface area contributed by atoms with Gasteiger partial charge in [0.1, 0.15) is 18.1 Å². The van der Waals surface area contributed by atoms with Crippen LogP contribution in [-0.4, -0.2) is 40.8 Å². The van der Waals surface area contributed by atoms with Gasteiger partial charge in [-0.1, -0.05) is 0 Å². The molecule has 2 aromatic rings. The highest BCUT2D eigenvalue weighted by Crippen LogP contribution is 2.35. The molecule has 0 spiro atoms. The van der Waals surface area contributed by atoms with E-state index in [9.17, 15) is 13.2 Å². The highest BCUT2D eigenvalue weighted by Gasteiger charge is 2.25. The average Bonchev–Trinajstić information content (AvgIpc) is 2.60. The third-order valence-electron chi connectivity index (χ3n) is 3.79. The lowest BCUT2D eigenvalue weighted by molar-refractivity contribution is 0.102. The predicted octanol–water partition coefficient (Wildman–Crippen LogP) is 2.11. The Bertz CT molecular complexity index is 894. The topological polar surface area (TPSA) is 84.9 Å². The van der Waals surface area contributed by atoms with Crippen LogP contribution in [0.1, 0.15) is 10.4 Å². The number of benzene rings is 2. The fourth-order valence-corrected chi connectivity index (χ4v) is 3.47. The van der Waals surface area contributed by atoms with Crippen molar-refractivity contribution in [1.29, 1.82) is 0 Å². The number of amides is 1. The molecule has 0 aliphatic carbocycles. The molecule has 132 valence electrons. The second kappa shape index (κ2) is 6.64. The van der Waals surface area contributed by atoms with Crippen LogP contribution in [0.2, 0.25) is 0 Å². The highest BCUT2D eigenvalue weighted by molar-refractivity contribution is 7.92. The summed E-state index contributed by atoms with van der Waals surface area (Å²) in [4.78, 5) is 12.3. The number of hydrogen-bond acceptors (Lipinski definition) is 5. The van der Waals surface area contributed by atoms with Gasteiger partial charge in [-0.3, -0.25) is 9.10 Å². The van der Waals surface area contributed by atoms with Gasteiger partial charge >= 0.3 is 0 Å². The molecule has 0 fully saturated rings. The van der Waals surface area contributed by atoms with Crippen LogP contribution in [0.15, 0.2) is 42.5 Å². The maximum atomic E-state index is 12.3. The first-order valence-corrected chi connectivity index (χ1v) is 9.43. The molecule has 0 atom stereocenters. The van der Waals surface area contributed by atoms with Crippen LogP contribution in [0.25, 0.3) is 0 Å². The minimum Gasteiger partial charge on any atom is -0.497 e. The maximum absolute atomic E-state index is 12.3. The molecular weight excluding hydrogens is 344 g/mol. The number of carbonyl (C=O) groups is 1. The molecule has 0 unspecified atom stereocenters. The van der Waals surface area contributed by atoms with E-state index in [2.05, 4.69) is 5.32 Å². The van der Waals surface area contributed by atoms with Gasteiger partial charge in [0, 0.05) is 11.3 Å². The predicted molar refractivity (Wildman–Crippen MR) is 95.1 cm³/mol. The van der Waals surface area contributed by atoms with Crippen LogP contribution >= 0.6 is 0 Å². The second-order valence-electron chi connectivity index (χ2n) is 5.55. The number of methoxy groups -OCH3 is 1. The minimum absolute atomic E-state index is 0.238. The van der Waals surface area contributed by atoms with Crippen molar-refractivity contribution in [1.82, 2.24) is 0 Å². The van der Waals surface area contributed by atoms with Gasteiger partial charge in [0.25, 0.3) is 5.91 Å². The quantitative estimate of drug-likeness (QED) is 0.900. The van der Waals surface area contributed by atoms with E-state index >= 15 is 0 Å². The normalized spacial score (nSPS) is 13.6. The zero-order valence-electron chi connectivity index (χ0n) is 13.9. The van der Waals surface area contributed by atoms with E-state index in [1.165, 1.54) is 4.31 Å². The maximum Gasteiger partial charge on any atom is 0.255 e. The van der Waals surface area contributed by atoms with Crippen LogP contribution in [-0.2, 0) is 10.0 Å². The summed E-state index contributed by atoms with van der Waals surface area (Å²) in [6, 6.07) is 11.6. The molecule has 0 saturated heterocycles. The summed E-state index contributed by atoms with van der Waals surface area (Å²) in [6.07, 6.45) is 1.14. The Kier molecular flexibility index (Phi) is 4.54. The Morgan fingerprint density at radius 2 is 1.92 bits per heavy atom. The SMILES string of the molecule is COc1ccc(C(=O)Nc2ccc3c(c2)N(S(C)(=O)=O)CCO3)cc1. The van der Waals surface area contributed by atoms with Gasteiger partial charge in [-0.25, -0.2) is 8.42 Å². The van der Waals surface area contributed by atoms with Crippen molar-refractivity contribution in [3.63, 3.8) is 0 Å². The van der Waals surface area contributed by atoms with E-state index in [0.29, 0.717) is 28.4 Å². The van der Waals surface area contributed by atoms with E-state index in [-0.39, 0.29) is 19.1 Å². The molecule has 0 bridgehead atoms. The Labute approximate surface area is 146 Å². The Hall–Kier alpha value is -2.74. The van der Waals surface area contributed by atoms with E-state index < -0.39 is 10.0 Å². The van der Waals surface area contributed by atoms with Crippen LogP contribution in [0.5, 0.6) is 11.5 Å². The number of ether oxygens (including phenoxy) is 2. The molecular formula is C17H18N2O5S. The lowest BCUT2D eigenvalue weighted by Crippen LogP contribution is -2.37. The number of carbonyl (C=O) groups excluding carboxylic acids is 1. The number of fused-ring (bicyclic) bond motifs is 1. The lowest BCUT2D eigenvalue weighted by atomic mass is 10.2. The summed E-state index contributed by atoms with van der Waals surface area (Å²) in [5.41, 5.74) is 1.37. The molecule has 25 heavy (non-hydrogen) atoms. The fraction of sp³-hybridized carbons (Fsp3) is 0.235. The van der Waals surface area contributed by atoms with E-state index in [1.807, 2.05) is 0 Å². The highest BCUT2D eigenvalue weighted by atomic mass is 32.2. The molecule has 2 aromatic carbocycles. The van der Waals surface area contributed by atoms with Crippen LogP contribution in [0, 0.1) is 0 Å². The number of nitrogens with one attached hydrogen (secondary N) is 1. The third-order valence-corrected chi connectivity index (χ3v) is 4.97. The largest absolute Gasteiger partial charge is 0.497 e. The molecule has 1 amide bonds. The monoisotopic (exact) mass is 362 g/mol. The summed E-state index contributed by atoms with van der Waals surface area (Å²) in [5.74, 6) is 0.829. The first-order chi connectivity index (χ1) is 11.9. The molecule has 3 rings (SSSR count). The van der Waals surface area contributed by atoms with E-state index in [1.54, 1.807) is 49.6 Å². The van der Waals surface area contributed by atoms with Gasteiger partial charge in [-0.05, 0) is 42.5 Å². The molecule has 0 aromatic heterocycles. The first kappa shape index (κ1) is 17.1. The second-order valence-corrected chi connectivity index (χ2v) is 7.46. The van der Waals surface area contributed by atoms with Gasteiger partial charge in [0.15, 0.2) is 0 Å². The Balaban J connectivity index is 1.85. The summed E-state index contributed by atoms with van der Waals surface area (Å²) < 4.78 is 35.7. The summed E-state index contributed by atoms with van der Waals surface area (Å²) in [7, 11) is -1.86. The zero-order chi connectivity index (χ0) is 18.0. The van der Waals surface area contributed by atoms with Gasteiger partial charge in [-0.2, -0.15) is 0 Å². The number of nitrogens with zero attached hydrogens (tertiary/aromatic N) is 1. The van der Waals surface area contributed by atoms with Gasteiger partial charge in [-0.15, -0.1) is 0 Å². The number of sulfonamides is 1. The molecule has 7 nitrogen and oxygen atoms in total. The molecule has 1 N–H and O–H groups in total. The van der Waals surface area contributed by atoms with Crippen molar-refractivity contribution in [3.8, 4) is 11.5 Å². The third kappa shape index (κ3) is 3.69.